The SMILES string of the molecule is CCOC(=O)[C@@H]1C2CC(=C[C@H]1n1cc(CCCCC#N)c3cnc(-c4c[nH]c5ncc(F)cc45)nc31)C2. The van der Waals surface area contributed by atoms with Crippen LogP contribution in [-0.2, 0) is 16.0 Å². The Morgan fingerprint density at radius 1 is 1.27 bits per heavy atom. The molecule has 37 heavy (non-hydrogen) atoms. The van der Waals surface area contributed by atoms with Crippen molar-refractivity contribution in [2.75, 3.05) is 6.61 Å². The summed E-state index contributed by atoms with van der Waals surface area (Å²) < 4.78 is 21.6. The Morgan fingerprint density at radius 3 is 2.95 bits per heavy atom. The van der Waals surface area contributed by atoms with Crippen LogP contribution in [0, 0.1) is 29.0 Å². The molecule has 0 saturated heterocycles. The number of aromatic nitrogens is 5. The van der Waals surface area contributed by atoms with Crippen LogP contribution >= 0.6 is 0 Å². The first-order chi connectivity index (χ1) is 18.1. The number of unbranched alkanes of at least 4 members (excludes halogenated alkanes) is 2. The van der Waals surface area contributed by atoms with Crippen molar-refractivity contribution in [3.05, 3.63) is 53.9 Å². The highest BCUT2D eigenvalue weighted by molar-refractivity contribution is 5.93. The van der Waals surface area contributed by atoms with Gasteiger partial charge in [-0.05, 0) is 56.6 Å². The van der Waals surface area contributed by atoms with Gasteiger partial charge in [0.2, 0.25) is 0 Å². The summed E-state index contributed by atoms with van der Waals surface area (Å²) in [5.74, 6) is -0.142. The van der Waals surface area contributed by atoms with Crippen LogP contribution in [0.4, 0.5) is 4.39 Å². The van der Waals surface area contributed by atoms with E-state index in [9.17, 15) is 9.18 Å². The lowest BCUT2D eigenvalue weighted by Gasteiger charge is -2.44. The summed E-state index contributed by atoms with van der Waals surface area (Å²) in [6.45, 7) is 2.18. The van der Waals surface area contributed by atoms with E-state index >= 15 is 0 Å². The van der Waals surface area contributed by atoms with Gasteiger partial charge in [0.05, 0.1) is 30.8 Å². The number of pyridine rings is 1. The van der Waals surface area contributed by atoms with Gasteiger partial charge in [0.25, 0.3) is 0 Å². The number of fused-ring (bicyclic) bond motifs is 4. The van der Waals surface area contributed by atoms with E-state index in [1.165, 1.54) is 17.8 Å². The van der Waals surface area contributed by atoms with E-state index in [1.807, 2.05) is 13.1 Å². The molecule has 0 unspecified atom stereocenters. The zero-order valence-corrected chi connectivity index (χ0v) is 20.6. The molecule has 8 nitrogen and oxygen atoms in total. The summed E-state index contributed by atoms with van der Waals surface area (Å²) in [5, 5.41) is 10.5. The van der Waals surface area contributed by atoms with Crippen molar-refractivity contribution in [1.82, 2.24) is 24.5 Å². The molecule has 4 heterocycles. The molecule has 0 aromatic carbocycles. The van der Waals surface area contributed by atoms with Crippen LogP contribution in [0.3, 0.4) is 0 Å². The number of H-pyrrole nitrogens is 1. The molecule has 188 valence electrons. The van der Waals surface area contributed by atoms with Crippen molar-refractivity contribution in [1.29, 1.82) is 5.26 Å². The van der Waals surface area contributed by atoms with E-state index in [-0.39, 0.29) is 23.8 Å². The number of halogens is 1. The smallest absolute Gasteiger partial charge is 0.311 e. The number of carbonyl (C=O) groups excluding carboxylic acids is 1. The molecule has 1 fully saturated rings. The second kappa shape index (κ2) is 9.43. The molecule has 4 aromatic heterocycles. The fourth-order valence-electron chi connectivity index (χ4n) is 5.78. The third-order valence-corrected chi connectivity index (χ3v) is 7.59. The van der Waals surface area contributed by atoms with E-state index in [4.69, 9.17) is 15.0 Å². The number of allylic oxidation sites excluding steroid dienone is 2. The number of rotatable bonds is 8. The van der Waals surface area contributed by atoms with Crippen LogP contribution in [0.5, 0.6) is 0 Å². The molecular formula is C28H27FN6O2. The van der Waals surface area contributed by atoms with Crippen molar-refractivity contribution >= 4 is 28.0 Å². The Bertz CT molecular complexity index is 1570. The van der Waals surface area contributed by atoms with E-state index < -0.39 is 5.82 Å². The van der Waals surface area contributed by atoms with Gasteiger partial charge >= 0.3 is 5.97 Å². The average Bonchev–Trinajstić information content (AvgIpc) is 3.46. The first-order valence-electron chi connectivity index (χ1n) is 12.8. The number of nitriles is 1. The molecular weight excluding hydrogens is 471 g/mol. The summed E-state index contributed by atoms with van der Waals surface area (Å²) in [4.78, 5) is 29.9. The van der Waals surface area contributed by atoms with Crippen molar-refractivity contribution in [3.8, 4) is 17.5 Å². The van der Waals surface area contributed by atoms with Gasteiger partial charge in [0, 0.05) is 41.3 Å². The fraction of sp³-hybridized carbons (Fsp3) is 0.393. The molecule has 4 aromatic rings. The Morgan fingerprint density at radius 2 is 2.14 bits per heavy atom. The van der Waals surface area contributed by atoms with Gasteiger partial charge in [-0.2, -0.15) is 5.26 Å². The average molecular weight is 499 g/mol. The van der Waals surface area contributed by atoms with Gasteiger partial charge in [-0.1, -0.05) is 11.6 Å². The van der Waals surface area contributed by atoms with Gasteiger partial charge in [-0.3, -0.25) is 4.79 Å². The van der Waals surface area contributed by atoms with Crippen LogP contribution in [0.2, 0.25) is 0 Å². The van der Waals surface area contributed by atoms with Gasteiger partial charge < -0.3 is 14.3 Å². The summed E-state index contributed by atoms with van der Waals surface area (Å²) in [6.07, 6.45) is 13.9. The predicted molar refractivity (Wildman–Crippen MR) is 136 cm³/mol. The molecule has 9 heteroatoms. The normalized spacial score (nSPS) is 20.5. The number of hydrogen-bond donors (Lipinski definition) is 1. The first-order valence-corrected chi connectivity index (χ1v) is 12.8. The maximum Gasteiger partial charge on any atom is 0.311 e. The maximum atomic E-state index is 14.0. The quantitative estimate of drug-likeness (QED) is 0.197. The van der Waals surface area contributed by atoms with Gasteiger partial charge in [0.1, 0.15) is 17.1 Å². The minimum atomic E-state index is -0.428. The number of esters is 1. The lowest BCUT2D eigenvalue weighted by Crippen LogP contribution is -2.41. The standard InChI is InChI=1S/C28H27FN6O2/c1-2-37-28(36)24-18-8-16(9-18)10-23(24)35-15-17(6-4-3-5-7-30)21-13-33-26(34-27(21)35)22-14-32-25-20(22)11-19(29)12-31-25/h10-15,18,23-24H,2-6,8-9H2,1H3,(H,31,32)/t23-,24-/m1/s1. The third-order valence-electron chi connectivity index (χ3n) is 7.59. The van der Waals surface area contributed by atoms with Crippen molar-refractivity contribution in [2.45, 2.75) is 51.5 Å². The fourth-order valence-corrected chi connectivity index (χ4v) is 5.78. The third kappa shape index (κ3) is 4.06. The summed E-state index contributed by atoms with van der Waals surface area (Å²) in [6, 6.07) is 3.44. The van der Waals surface area contributed by atoms with E-state index in [0.29, 0.717) is 35.4 Å². The lowest BCUT2D eigenvalue weighted by atomic mass is 9.64. The van der Waals surface area contributed by atoms with Crippen molar-refractivity contribution in [2.24, 2.45) is 11.8 Å². The van der Waals surface area contributed by atoms with Crippen LogP contribution in [0.25, 0.3) is 33.5 Å². The first kappa shape index (κ1) is 23.3. The molecule has 0 spiro atoms. The Kier molecular flexibility index (Phi) is 5.95. The highest BCUT2D eigenvalue weighted by atomic mass is 19.1. The monoisotopic (exact) mass is 498 g/mol. The van der Waals surface area contributed by atoms with Gasteiger partial charge in [-0.15, -0.1) is 0 Å². The van der Waals surface area contributed by atoms with Crippen LogP contribution in [0.15, 0.2) is 42.5 Å². The highest BCUT2D eigenvalue weighted by Crippen LogP contribution is 2.50. The summed E-state index contributed by atoms with van der Waals surface area (Å²) >= 11 is 0. The largest absolute Gasteiger partial charge is 0.466 e. The second-order valence-corrected chi connectivity index (χ2v) is 9.87. The van der Waals surface area contributed by atoms with Crippen molar-refractivity contribution < 1.29 is 13.9 Å². The summed E-state index contributed by atoms with van der Waals surface area (Å²) in [7, 11) is 0. The number of nitrogens with one attached hydrogen (secondary N) is 1. The molecule has 1 N–H and O–H groups in total. The second-order valence-electron chi connectivity index (χ2n) is 9.87. The summed E-state index contributed by atoms with van der Waals surface area (Å²) in [5.41, 5.74) is 4.41. The number of aryl methyl sites for hydroxylation is 1. The molecule has 1 saturated carbocycles. The Hall–Kier alpha value is -4.06. The van der Waals surface area contributed by atoms with E-state index in [2.05, 4.69) is 37.9 Å². The molecule has 0 radical (unpaired) electrons. The Labute approximate surface area is 213 Å². The van der Waals surface area contributed by atoms with Crippen LogP contribution in [-0.4, -0.2) is 37.1 Å². The Balaban J connectivity index is 1.47. The zero-order chi connectivity index (χ0) is 25.5. The predicted octanol–water partition coefficient (Wildman–Crippen LogP) is 5.42. The maximum absolute atomic E-state index is 14.0. The molecule has 0 amide bonds. The van der Waals surface area contributed by atoms with Crippen molar-refractivity contribution in [3.63, 3.8) is 0 Å². The zero-order valence-electron chi connectivity index (χ0n) is 20.6. The van der Waals surface area contributed by atoms with E-state index in [1.54, 1.807) is 6.20 Å². The molecule has 0 aliphatic heterocycles. The highest BCUT2D eigenvalue weighted by Gasteiger charge is 2.46. The molecule has 3 aliphatic rings. The van der Waals surface area contributed by atoms with Crippen LogP contribution in [0.1, 0.15) is 50.6 Å². The molecule has 2 atom stereocenters. The van der Waals surface area contributed by atoms with Gasteiger partial charge in [0.15, 0.2) is 5.82 Å². The number of nitrogens with zero attached hydrogens (tertiary/aromatic N) is 5. The van der Waals surface area contributed by atoms with Gasteiger partial charge in [-0.25, -0.2) is 19.3 Å². The number of hydrogen-bond acceptors (Lipinski definition) is 6. The number of ether oxygens (including phenoxy) is 1. The van der Waals surface area contributed by atoms with Crippen LogP contribution < -0.4 is 0 Å². The number of aromatic amines is 1. The van der Waals surface area contributed by atoms with E-state index in [0.717, 1.165) is 48.7 Å². The molecule has 2 bridgehead atoms. The lowest BCUT2D eigenvalue weighted by molar-refractivity contribution is -0.152. The topological polar surface area (TPSA) is 109 Å². The minimum Gasteiger partial charge on any atom is -0.466 e. The molecule has 3 aliphatic carbocycles. The minimum absolute atomic E-state index is 0.169. The molecule has 7 rings (SSSR count). The number of carbonyl (C=O) groups is 1.